The number of aliphatic imine (C=N–C) groups is 1. The number of nitrogens with zero attached hydrogens (tertiary/aromatic N) is 2. The van der Waals surface area contributed by atoms with Crippen molar-refractivity contribution in [1.29, 1.82) is 0 Å². The van der Waals surface area contributed by atoms with Gasteiger partial charge < -0.3 is 4.74 Å². The number of ether oxygens (including phenoxy) is 1. The number of rotatable bonds is 3. The lowest BCUT2D eigenvalue weighted by Crippen LogP contribution is -2.24. The lowest BCUT2D eigenvalue weighted by Gasteiger charge is -2.10. The monoisotopic (exact) mass is 297 g/mol. The molecule has 0 spiro atoms. The highest BCUT2D eigenvalue weighted by molar-refractivity contribution is 5.89. The molecule has 1 aromatic heterocycles. The fraction of sp³-hybridized carbons (Fsp3) is 0.286. The molecule has 0 atom stereocenters. The van der Waals surface area contributed by atoms with E-state index in [-0.39, 0.29) is 5.70 Å². The summed E-state index contributed by atoms with van der Waals surface area (Å²) in [6, 6.07) is 5.17. The van der Waals surface area contributed by atoms with Gasteiger partial charge in [0.15, 0.2) is 0 Å². The Kier molecular flexibility index (Phi) is 4.30. The minimum Gasteiger partial charge on any atom is -0.478 e. The van der Waals surface area contributed by atoms with Crippen LogP contribution in [0.3, 0.4) is 0 Å². The number of methoxy groups -OCH3 is 1. The van der Waals surface area contributed by atoms with E-state index in [0.717, 1.165) is 18.0 Å². The molecule has 2 rings (SSSR count). The highest BCUT2D eigenvalue weighted by Gasteiger charge is 2.38. The van der Waals surface area contributed by atoms with Crippen LogP contribution in [0.25, 0.3) is 16.6 Å². The Morgan fingerprint density at radius 2 is 2.19 bits per heavy atom. The zero-order valence-electron chi connectivity index (χ0n) is 11.5. The molecular weight excluding hydrogens is 283 g/mol. The smallest absolute Gasteiger partial charge is 0.468 e. The Balaban J connectivity index is 2.48. The summed E-state index contributed by atoms with van der Waals surface area (Å²) >= 11 is 0. The first-order chi connectivity index (χ1) is 9.95. The van der Waals surface area contributed by atoms with Crippen molar-refractivity contribution in [1.82, 2.24) is 10.2 Å². The molecular formula is C14H14F3N3O. The van der Waals surface area contributed by atoms with Crippen molar-refractivity contribution < 1.29 is 17.9 Å². The lowest BCUT2D eigenvalue weighted by molar-refractivity contribution is -0.0754. The van der Waals surface area contributed by atoms with E-state index in [1.165, 1.54) is 0 Å². The minimum atomic E-state index is -4.62. The molecule has 0 bridgehead atoms. The predicted molar refractivity (Wildman–Crippen MR) is 74.9 cm³/mol. The third-order valence-electron chi connectivity index (χ3n) is 2.79. The molecule has 7 heteroatoms. The van der Waals surface area contributed by atoms with Crippen molar-refractivity contribution in [3.05, 3.63) is 36.0 Å². The van der Waals surface area contributed by atoms with Crippen LogP contribution >= 0.6 is 0 Å². The third-order valence-corrected chi connectivity index (χ3v) is 2.79. The van der Waals surface area contributed by atoms with Gasteiger partial charge in [-0.3, -0.25) is 5.10 Å². The molecule has 0 saturated carbocycles. The molecule has 0 aliphatic carbocycles. The number of aromatic nitrogens is 2. The van der Waals surface area contributed by atoms with Crippen molar-refractivity contribution in [3.63, 3.8) is 0 Å². The molecule has 0 aliphatic rings. The number of nitrogens with one attached hydrogen (secondary N) is 1. The van der Waals surface area contributed by atoms with Gasteiger partial charge in [0, 0.05) is 10.9 Å². The van der Waals surface area contributed by atoms with E-state index in [1.54, 1.807) is 30.5 Å². The number of aromatic amines is 1. The first-order valence-corrected chi connectivity index (χ1v) is 6.29. The molecule has 1 aromatic carbocycles. The van der Waals surface area contributed by atoms with Crippen LogP contribution in [-0.4, -0.2) is 29.4 Å². The van der Waals surface area contributed by atoms with Gasteiger partial charge in [-0.25, -0.2) is 4.99 Å². The Morgan fingerprint density at radius 1 is 1.43 bits per heavy atom. The molecule has 0 unspecified atom stereocenters. The first kappa shape index (κ1) is 15.1. The summed E-state index contributed by atoms with van der Waals surface area (Å²) in [5, 5.41) is 7.46. The molecule has 1 N–H and O–H groups in total. The number of hydrogen-bond acceptors (Lipinski definition) is 3. The van der Waals surface area contributed by atoms with Crippen molar-refractivity contribution in [3.8, 4) is 0 Å². The first-order valence-electron chi connectivity index (χ1n) is 6.29. The van der Waals surface area contributed by atoms with Gasteiger partial charge in [0.1, 0.15) is 0 Å². The summed E-state index contributed by atoms with van der Waals surface area (Å²) < 4.78 is 42.6. The highest BCUT2D eigenvalue weighted by atomic mass is 19.4. The molecule has 112 valence electrons. The quantitative estimate of drug-likeness (QED) is 0.689. The second-order valence-corrected chi connectivity index (χ2v) is 4.29. The van der Waals surface area contributed by atoms with E-state index >= 15 is 0 Å². The van der Waals surface area contributed by atoms with Crippen molar-refractivity contribution in [2.24, 2.45) is 4.99 Å². The minimum absolute atomic E-state index is 0.217. The zero-order chi connectivity index (χ0) is 15.5. The van der Waals surface area contributed by atoms with Gasteiger partial charge in [0.05, 0.1) is 24.5 Å². The third kappa shape index (κ3) is 3.42. The van der Waals surface area contributed by atoms with Crippen LogP contribution in [0.4, 0.5) is 13.2 Å². The van der Waals surface area contributed by atoms with E-state index in [9.17, 15) is 13.2 Å². The lowest BCUT2D eigenvalue weighted by atomic mass is 10.1. The highest BCUT2D eigenvalue weighted by Crippen LogP contribution is 2.25. The molecule has 4 nitrogen and oxygen atoms in total. The summed E-state index contributed by atoms with van der Waals surface area (Å²) in [6.07, 6.45) is -0.850. The fourth-order valence-corrected chi connectivity index (χ4v) is 1.86. The van der Waals surface area contributed by atoms with Gasteiger partial charge in [-0.1, -0.05) is 19.1 Å². The zero-order valence-corrected chi connectivity index (χ0v) is 11.5. The SMILES string of the molecule is CC/C=C(/N=C(OC)C(F)(F)F)c1ccc2[nH]ncc2c1. The largest absolute Gasteiger partial charge is 0.478 e. The van der Waals surface area contributed by atoms with Gasteiger partial charge >= 0.3 is 6.18 Å². The average molecular weight is 297 g/mol. The summed E-state index contributed by atoms with van der Waals surface area (Å²) in [5.74, 6) is -1.27. The van der Waals surface area contributed by atoms with Crippen LogP contribution in [0.2, 0.25) is 0 Å². The van der Waals surface area contributed by atoms with E-state index in [4.69, 9.17) is 0 Å². The van der Waals surface area contributed by atoms with E-state index in [0.29, 0.717) is 12.0 Å². The van der Waals surface area contributed by atoms with Gasteiger partial charge in [0.25, 0.3) is 5.90 Å². The Labute approximate surface area is 119 Å². The Bertz CT molecular complexity index is 686. The number of H-pyrrole nitrogens is 1. The second-order valence-electron chi connectivity index (χ2n) is 4.29. The van der Waals surface area contributed by atoms with Gasteiger partial charge in [-0.2, -0.15) is 18.3 Å². The number of benzene rings is 1. The molecule has 0 saturated heterocycles. The molecule has 21 heavy (non-hydrogen) atoms. The van der Waals surface area contributed by atoms with Crippen molar-refractivity contribution >= 4 is 22.5 Å². The van der Waals surface area contributed by atoms with E-state index in [2.05, 4.69) is 19.9 Å². The summed E-state index contributed by atoms with van der Waals surface area (Å²) in [6.45, 7) is 1.83. The van der Waals surface area contributed by atoms with Gasteiger partial charge in [0.2, 0.25) is 0 Å². The van der Waals surface area contributed by atoms with Crippen LogP contribution < -0.4 is 0 Å². The molecule has 0 aliphatic heterocycles. The Hall–Kier alpha value is -2.31. The number of halogens is 3. The molecule has 2 aromatic rings. The maximum Gasteiger partial charge on any atom is 0.468 e. The van der Waals surface area contributed by atoms with Crippen LogP contribution in [0.5, 0.6) is 0 Å². The summed E-state index contributed by atoms with van der Waals surface area (Å²) in [4.78, 5) is 3.62. The van der Waals surface area contributed by atoms with Gasteiger partial charge in [-0.15, -0.1) is 0 Å². The Morgan fingerprint density at radius 3 is 2.81 bits per heavy atom. The number of alkyl halides is 3. The number of hydrogen-bond donors (Lipinski definition) is 1. The van der Waals surface area contributed by atoms with Crippen molar-refractivity contribution in [2.45, 2.75) is 19.5 Å². The van der Waals surface area contributed by atoms with E-state index < -0.39 is 12.1 Å². The molecule has 0 radical (unpaired) electrons. The summed E-state index contributed by atoms with van der Waals surface area (Å²) in [7, 11) is 0.954. The predicted octanol–water partition coefficient (Wildman–Crippen LogP) is 3.92. The van der Waals surface area contributed by atoms with Crippen LogP contribution in [0, 0.1) is 0 Å². The number of fused-ring (bicyclic) bond motifs is 1. The number of allylic oxidation sites excluding steroid dienone is 1. The summed E-state index contributed by atoms with van der Waals surface area (Å²) in [5.41, 5.74) is 1.60. The second kappa shape index (κ2) is 5.99. The molecule has 0 amide bonds. The normalized spacial score (nSPS) is 13.8. The molecule has 0 fully saturated rings. The molecule has 1 heterocycles. The standard InChI is InChI=1S/C14H14F3N3O/c1-3-4-11(19-13(21-2)14(15,16)17)9-5-6-12-10(7-9)8-18-20-12/h4-8H,3H2,1-2H3,(H,18,20)/b11-4+,19-13?. The fourth-order valence-electron chi connectivity index (χ4n) is 1.86. The van der Waals surface area contributed by atoms with Crippen molar-refractivity contribution in [2.75, 3.05) is 7.11 Å². The average Bonchev–Trinajstić information content (AvgIpc) is 2.89. The van der Waals surface area contributed by atoms with Gasteiger partial charge in [-0.05, 0) is 18.6 Å². The van der Waals surface area contributed by atoms with Crippen LogP contribution in [-0.2, 0) is 4.74 Å². The van der Waals surface area contributed by atoms with Crippen LogP contribution in [0.1, 0.15) is 18.9 Å². The maximum absolute atomic E-state index is 12.7. The van der Waals surface area contributed by atoms with E-state index in [1.807, 2.05) is 6.92 Å². The topological polar surface area (TPSA) is 50.3 Å². The van der Waals surface area contributed by atoms with Crippen LogP contribution in [0.15, 0.2) is 35.5 Å². The maximum atomic E-state index is 12.7.